The maximum atomic E-state index is 12.1. The third-order valence-corrected chi connectivity index (χ3v) is 2.90. The van der Waals surface area contributed by atoms with Gasteiger partial charge in [0.25, 0.3) is 0 Å². The fourth-order valence-corrected chi connectivity index (χ4v) is 1.95. The SMILES string of the molecule is CCCCN(CCO)C(=O)C1C=CC(N)C1. The van der Waals surface area contributed by atoms with Gasteiger partial charge in [-0.15, -0.1) is 0 Å². The molecule has 0 aromatic heterocycles. The monoisotopic (exact) mass is 226 g/mol. The van der Waals surface area contributed by atoms with Gasteiger partial charge in [0.05, 0.1) is 12.5 Å². The Morgan fingerprint density at radius 2 is 2.25 bits per heavy atom. The van der Waals surface area contributed by atoms with Crippen LogP contribution in [0.4, 0.5) is 0 Å². The standard InChI is InChI=1S/C12H22N2O2/c1-2-3-6-14(7-8-15)12(16)10-4-5-11(13)9-10/h4-5,10-11,15H,2-3,6-9,13H2,1H3. The fourth-order valence-electron chi connectivity index (χ4n) is 1.95. The number of hydrogen-bond donors (Lipinski definition) is 2. The average molecular weight is 226 g/mol. The molecule has 16 heavy (non-hydrogen) atoms. The van der Waals surface area contributed by atoms with Crippen LogP contribution in [0.1, 0.15) is 26.2 Å². The zero-order valence-electron chi connectivity index (χ0n) is 9.93. The first kappa shape index (κ1) is 13.2. The largest absolute Gasteiger partial charge is 0.395 e. The summed E-state index contributed by atoms with van der Waals surface area (Å²) in [5.74, 6) is 0.0186. The van der Waals surface area contributed by atoms with Crippen LogP contribution in [-0.4, -0.2) is 41.7 Å². The van der Waals surface area contributed by atoms with Crippen molar-refractivity contribution in [3.8, 4) is 0 Å². The summed E-state index contributed by atoms with van der Waals surface area (Å²) in [5.41, 5.74) is 5.73. The molecule has 0 saturated heterocycles. The summed E-state index contributed by atoms with van der Waals surface area (Å²) in [5, 5.41) is 8.94. The molecule has 0 aromatic rings. The molecule has 0 radical (unpaired) electrons. The van der Waals surface area contributed by atoms with Crippen LogP contribution in [0.15, 0.2) is 12.2 Å². The summed E-state index contributed by atoms with van der Waals surface area (Å²) in [4.78, 5) is 13.8. The molecule has 0 aliphatic heterocycles. The zero-order valence-corrected chi connectivity index (χ0v) is 9.93. The van der Waals surface area contributed by atoms with E-state index < -0.39 is 0 Å². The van der Waals surface area contributed by atoms with Crippen LogP contribution in [0, 0.1) is 5.92 Å². The highest BCUT2D eigenvalue weighted by molar-refractivity contribution is 5.81. The molecule has 0 aromatic carbocycles. The van der Waals surface area contributed by atoms with Crippen molar-refractivity contribution in [1.82, 2.24) is 4.90 Å². The maximum Gasteiger partial charge on any atom is 0.229 e. The molecular formula is C12H22N2O2. The Morgan fingerprint density at radius 1 is 1.50 bits per heavy atom. The van der Waals surface area contributed by atoms with Gasteiger partial charge in [-0.2, -0.15) is 0 Å². The molecule has 0 bridgehead atoms. The van der Waals surface area contributed by atoms with E-state index in [1.165, 1.54) is 0 Å². The van der Waals surface area contributed by atoms with Crippen molar-refractivity contribution >= 4 is 5.91 Å². The van der Waals surface area contributed by atoms with Crippen LogP contribution in [0.5, 0.6) is 0 Å². The second-order valence-electron chi connectivity index (χ2n) is 4.29. The molecule has 2 atom stereocenters. The molecule has 2 unspecified atom stereocenters. The lowest BCUT2D eigenvalue weighted by atomic mass is 10.1. The number of unbranched alkanes of at least 4 members (excludes halogenated alkanes) is 1. The maximum absolute atomic E-state index is 12.1. The van der Waals surface area contributed by atoms with E-state index in [-0.39, 0.29) is 24.5 Å². The molecule has 1 aliphatic rings. The summed E-state index contributed by atoms with van der Waals surface area (Å²) in [6.45, 7) is 3.28. The molecule has 0 heterocycles. The number of nitrogens with two attached hydrogens (primary N) is 1. The number of amides is 1. The summed E-state index contributed by atoms with van der Waals surface area (Å²) >= 11 is 0. The molecule has 0 spiro atoms. The molecule has 4 nitrogen and oxygen atoms in total. The van der Waals surface area contributed by atoms with Gasteiger partial charge in [0.2, 0.25) is 5.91 Å². The lowest BCUT2D eigenvalue weighted by Crippen LogP contribution is -2.38. The van der Waals surface area contributed by atoms with Gasteiger partial charge in [0.1, 0.15) is 0 Å². The highest BCUT2D eigenvalue weighted by Gasteiger charge is 2.26. The first-order valence-corrected chi connectivity index (χ1v) is 6.02. The minimum absolute atomic E-state index is 0.0103. The van der Waals surface area contributed by atoms with Crippen molar-refractivity contribution < 1.29 is 9.90 Å². The van der Waals surface area contributed by atoms with Gasteiger partial charge in [-0.3, -0.25) is 4.79 Å². The van der Waals surface area contributed by atoms with E-state index in [2.05, 4.69) is 6.92 Å². The fraction of sp³-hybridized carbons (Fsp3) is 0.750. The normalized spacial score (nSPS) is 23.7. The van der Waals surface area contributed by atoms with Crippen molar-refractivity contribution in [3.05, 3.63) is 12.2 Å². The molecule has 4 heteroatoms. The van der Waals surface area contributed by atoms with Crippen molar-refractivity contribution in [1.29, 1.82) is 0 Å². The highest BCUT2D eigenvalue weighted by atomic mass is 16.3. The van der Waals surface area contributed by atoms with Gasteiger partial charge >= 0.3 is 0 Å². The van der Waals surface area contributed by atoms with Gasteiger partial charge in [-0.05, 0) is 12.8 Å². The summed E-state index contributed by atoms with van der Waals surface area (Å²) in [6.07, 6.45) is 6.51. The average Bonchev–Trinajstić information content (AvgIpc) is 2.70. The van der Waals surface area contributed by atoms with Crippen LogP contribution in [0.2, 0.25) is 0 Å². The minimum Gasteiger partial charge on any atom is -0.395 e. The van der Waals surface area contributed by atoms with E-state index in [9.17, 15) is 4.79 Å². The Hall–Kier alpha value is -0.870. The van der Waals surface area contributed by atoms with E-state index in [1.54, 1.807) is 4.90 Å². The zero-order chi connectivity index (χ0) is 12.0. The first-order chi connectivity index (χ1) is 7.69. The van der Waals surface area contributed by atoms with Crippen molar-refractivity contribution in [2.24, 2.45) is 11.7 Å². The lowest BCUT2D eigenvalue weighted by Gasteiger charge is -2.24. The van der Waals surface area contributed by atoms with Crippen LogP contribution in [-0.2, 0) is 4.79 Å². The van der Waals surface area contributed by atoms with Crippen LogP contribution >= 0.6 is 0 Å². The number of hydrogen-bond acceptors (Lipinski definition) is 3. The predicted octanol–water partition coefficient (Wildman–Crippen LogP) is 0.511. The summed E-state index contributed by atoms with van der Waals surface area (Å²) in [7, 11) is 0. The Morgan fingerprint density at radius 3 is 2.75 bits per heavy atom. The molecule has 1 rings (SSSR count). The minimum atomic E-state index is -0.0848. The molecule has 3 N–H and O–H groups in total. The van der Waals surface area contributed by atoms with Gasteiger partial charge in [0.15, 0.2) is 0 Å². The third kappa shape index (κ3) is 3.61. The van der Waals surface area contributed by atoms with Crippen LogP contribution < -0.4 is 5.73 Å². The second-order valence-corrected chi connectivity index (χ2v) is 4.29. The number of aliphatic hydroxyl groups is 1. The molecule has 0 saturated carbocycles. The third-order valence-electron chi connectivity index (χ3n) is 2.90. The van der Waals surface area contributed by atoms with Gasteiger partial charge < -0.3 is 15.7 Å². The predicted molar refractivity (Wildman–Crippen MR) is 63.8 cm³/mol. The molecule has 0 fully saturated rings. The molecule has 1 aliphatic carbocycles. The number of rotatable bonds is 6. The van der Waals surface area contributed by atoms with E-state index in [4.69, 9.17) is 10.8 Å². The van der Waals surface area contributed by atoms with Crippen molar-refractivity contribution in [2.45, 2.75) is 32.2 Å². The highest BCUT2D eigenvalue weighted by Crippen LogP contribution is 2.19. The first-order valence-electron chi connectivity index (χ1n) is 6.02. The lowest BCUT2D eigenvalue weighted by molar-refractivity contribution is -0.134. The van der Waals surface area contributed by atoms with E-state index in [0.717, 1.165) is 19.4 Å². The van der Waals surface area contributed by atoms with Crippen LogP contribution in [0.3, 0.4) is 0 Å². The molecular weight excluding hydrogens is 204 g/mol. The van der Waals surface area contributed by atoms with E-state index in [0.29, 0.717) is 13.0 Å². The van der Waals surface area contributed by atoms with E-state index >= 15 is 0 Å². The quantitative estimate of drug-likeness (QED) is 0.649. The number of carbonyl (C=O) groups excluding carboxylic acids is 1. The summed E-state index contributed by atoms with van der Waals surface area (Å²) < 4.78 is 0. The van der Waals surface area contributed by atoms with Crippen LogP contribution in [0.25, 0.3) is 0 Å². The van der Waals surface area contributed by atoms with Crippen molar-refractivity contribution in [3.63, 3.8) is 0 Å². The number of carbonyl (C=O) groups is 1. The van der Waals surface area contributed by atoms with Gasteiger partial charge in [-0.1, -0.05) is 25.5 Å². The molecule has 92 valence electrons. The Balaban J connectivity index is 2.49. The Labute approximate surface area is 97.1 Å². The van der Waals surface area contributed by atoms with Gasteiger partial charge in [-0.25, -0.2) is 0 Å². The Kier molecular flexibility index (Phi) is 5.49. The number of nitrogens with zero attached hydrogens (tertiary/aromatic N) is 1. The Bertz CT molecular complexity index is 253. The summed E-state index contributed by atoms with van der Waals surface area (Å²) in [6, 6.07) is 0.0103. The van der Waals surface area contributed by atoms with Crippen molar-refractivity contribution in [2.75, 3.05) is 19.7 Å². The molecule has 1 amide bonds. The smallest absolute Gasteiger partial charge is 0.229 e. The topological polar surface area (TPSA) is 66.6 Å². The number of aliphatic hydroxyl groups excluding tert-OH is 1. The van der Waals surface area contributed by atoms with E-state index in [1.807, 2.05) is 12.2 Å². The second kappa shape index (κ2) is 6.66. The van der Waals surface area contributed by atoms with Gasteiger partial charge in [0, 0.05) is 19.1 Å².